The van der Waals surface area contributed by atoms with E-state index in [1.165, 1.54) is 7.11 Å². The topological polar surface area (TPSA) is 52.3 Å². The second kappa shape index (κ2) is 7.31. The van der Waals surface area contributed by atoms with Crippen molar-refractivity contribution in [2.45, 2.75) is 12.5 Å². The highest BCUT2D eigenvalue weighted by Crippen LogP contribution is 1.94. The fraction of sp³-hybridized carbons (Fsp3) is 0.800. The van der Waals surface area contributed by atoms with Crippen LogP contribution >= 0.6 is 28.3 Å². The van der Waals surface area contributed by atoms with Gasteiger partial charge in [0.25, 0.3) is 0 Å². The Labute approximate surface area is 74.8 Å². The molecule has 0 rings (SSSR count). The lowest BCUT2D eigenvalue weighted by Crippen LogP contribution is -2.31. The van der Waals surface area contributed by atoms with E-state index in [4.69, 9.17) is 5.73 Å². The van der Waals surface area contributed by atoms with E-state index in [0.29, 0.717) is 6.42 Å². The van der Waals surface area contributed by atoms with Crippen LogP contribution in [0.3, 0.4) is 0 Å². The first-order chi connectivity index (χ1) is 4.22. The summed E-state index contributed by atoms with van der Waals surface area (Å²) in [4.78, 5) is 10.5. The van der Waals surface area contributed by atoms with Crippen LogP contribution in [0.15, 0.2) is 0 Å². The Morgan fingerprint density at radius 1 is 1.80 bits per heavy atom. The Kier molecular flexibility index (Phi) is 9.38. The average Bonchev–Trinajstić information content (AvgIpc) is 1.87. The van der Waals surface area contributed by atoms with E-state index >= 15 is 0 Å². The summed E-state index contributed by atoms with van der Waals surface area (Å²) in [7, 11) is 1.33. The van der Waals surface area contributed by atoms with E-state index < -0.39 is 6.04 Å². The Balaban J connectivity index is 0. The number of methoxy groups -OCH3 is 1. The first kappa shape index (κ1) is 12.8. The first-order valence-electron chi connectivity index (χ1n) is 2.61. The molecule has 0 bridgehead atoms. The van der Waals surface area contributed by atoms with Crippen LogP contribution in [-0.4, -0.2) is 24.5 Å². The molecule has 0 aliphatic heterocycles. The summed E-state index contributed by atoms with van der Waals surface area (Å²) in [6.45, 7) is 0. The van der Waals surface area contributed by atoms with E-state index in [1.54, 1.807) is 0 Å². The fourth-order valence-electron chi connectivity index (χ4n) is 0.387. The van der Waals surface area contributed by atoms with Gasteiger partial charge in [0.05, 0.1) is 7.11 Å². The zero-order chi connectivity index (χ0) is 7.28. The third kappa shape index (κ3) is 5.02. The lowest BCUT2D eigenvalue weighted by Gasteiger charge is -2.04. The van der Waals surface area contributed by atoms with Crippen molar-refractivity contribution in [2.24, 2.45) is 5.73 Å². The predicted molar refractivity (Wildman–Crippen MR) is 45.7 cm³/mol. The monoisotopic (exact) mass is 231 g/mol. The van der Waals surface area contributed by atoms with Crippen LogP contribution < -0.4 is 5.73 Å². The van der Waals surface area contributed by atoms with Gasteiger partial charge in [-0.15, -0.1) is 12.4 Å². The largest absolute Gasteiger partial charge is 0.468 e. The maximum atomic E-state index is 10.5. The molecule has 0 radical (unpaired) electrons. The molecule has 0 unspecified atom stereocenters. The van der Waals surface area contributed by atoms with Gasteiger partial charge in [-0.1, -0.05) is 15.9 Å². The van der Waals surface area contributed by atoms with E-state index in [1.807, 2.05) is 0 Å². The molecule has 0 saturated carbocycles. The number of carbonyl (C=O) groups is 1. The van der Waals surface area contributed by atoms with Crippen molar-refractivity contribution in [3.63, 3.8) is 0 Å². The lowest BCUT2D eigenvalue weighted by molar-refractivity contribution is -0.142. The van der Waals surface area contributed by atoms with E-state index in [0.717, 1.165) is 5.33 Å². The van der Waals surface area contributed by atoms with Gasteiger partial charge >= 0.3 is 5.97 Å². The summed E-state index contributed by atoms with van der Waals surface area (Å²) in [5.41, 5.74) is 5.33. The van der Waals surface area contributed by atoms with Gasteiger partial charge in [0.1, 0.15) is 6.04 Å². The lowest BCUT2D eigenvalue weighted by atomic mass is 10.2. The minimum atomic E-state index is -0.477. The van der Waals surface area contributed by atoms with Crippen molar-refractivity contribution in [2.75, 3.05) is 12.4 Å². The molecule has 0 heterocycles. The minimum Gasteiger partial charge on any atom is -0.468 e. The van der Waals surface area contributed by atoms with Crippen LogP contribution in [0, 0.1) is 0 Å². The second-order valence-electron chi connectivity index (χ2n) is 1.61. The summed E-state index contributed by atoms with van der Waals surface area (Å²) in [6, 6.07) is -0.477. The molecular weight excluding hydrogens is 221 g/mol. The quantitative estimate of drug-likeness (QED) is 0.575. The van der Waals surface area contributed by atoms with Gasteiger partial charge in [0, 0.05) is 5.33 Å². The van der Waals surface area contributed by atoms with Crippen molar-refractivity contribution in [1.82, 2.24) is 0 Å². The number of halogens is 2. The number of esters is 1. The molecule has 0 amide bonds. The van der Waals surface area contributed by atoms with Crippen LogP contribution in [0.25, 0.3) is 0 Å². The van der Waals surface area contributed by atoms with Gasteiger partial charge in [-0.25, -0.2) is 0 Å². The van der Waals surface area contributed by atoms with Gasteiger partial charge in [-0.3, -0.25) is 4.79 Å². The number of rotatable bonds is 3. The van der Waals surface area contributed by atoms with Gasteiger partial charge < -0.3 is 10.5 Å². The maximum absolute atomic E-state index is 10.5. The van der Waals surface area contributed by atoms with Crippen molar-refractivity contribution in [3.05, 3.63) is 0 Å². The number of hydrogen-bond donors (Lipinski definition) is 1. The number of hydrogen-bond acceptors (Lipinski definition) is 3. The average molecular weight is 233 g/mol. The zero-order valence-corrected chi connectivity index (χ0v) is 8.07. The van der Waals surface area contributed by atoms with Crippen LogP contribution in [0.4, 0.5) is 0 Å². The smallest absolute Gasteiger partial charge is 0.322 e. The third-order valence-electron chi connectivity index (χ3n) is 0.924. The molecule has 62 valence electrons. The summed E-state index contributed by atoms with van der Waals surface area (Å²) >= 11 is 3.16. The number of nitrogens with two attached hydrogens (primary N) is 1. The highest BCUT2D eigenvalue weighted by molar-refractivity contribution is 9.09. The summed E-state index contributed by atoms with van der Waals surface area (Å²) in [6.07, 6.45) is 0.618. The summed E-state index contributed by atoms with van der Waals surface area (Å²) in [5, 5.41) is 0.725. The fourth-order valence-corrected chi connectivity index (χ4v) is 0.880. The second-order valence-corrected chi connectivity index (χ2v) is 2.40. The number of alkyl halides is 1. The van der Waals surface area contributed by atoms with Crippen molar-refractivity contribution >= 4 is 34.3 Å². The van der Waals surface area contributed by atoms with Crippen LogP contribution in [0.1, 0.15) is 6.42 Å². The molecule has 5 heteroatoms. The molecule has 0 saturated heterocycles. The number of ether oxygens (including phenoxy) is 1. The SMILES string of the molecule is COC(=O)[C@H](N)CCBr.Cl. The third-order valence-corrected chi connectivity index (χ3v) is 1.38. The van der Waals surface area contributed by atoms with Crippen molar-refractivity contribution in [3.8, 4) is 0 Å². The molecule has 0 aromatic carbocycles. The van der Waals surface area contributed by atoms with Crippen LogP contribution in [0.5, 0.6) is 0 Å². The van der Waals surface area contributed by atoms with Gasteiger partial charge in [-0.05, 0) is 6.42 Å². The standard InChI is InChI=1S/C5H10BrNO2.ClH/c1-9-5(8)4(7)2-3-6;/h4H,2-3,7H2,1H3;1H/t4-;/m1./s1. The normalized spacial score (nSPS) is 11.5. The molecule has 1 atom stereocenters. The predicted octanol–water partition coefficient (Wildman–Crippen LogP) is 0.694. The molecule has 0 aliphatic rings. The Hall–Kier alpha value is 0.200. The van der Waals surface area contributed by atoms with Crippen LogP contribution in [-0.2, 0) is 9.53 Å². The molecule has 0 aromatic rings. The Morgan fingerprint density at radius 3 is 2.60 bits per heavy atom. The van der Waals surface area contributed by atoms with E-state index in [-0.39, 0.29) is 18.4 Å². The maximum Gasteiger partial charge on any atom is 0.322 e. The summed E-state index contributed by atoms with van der Waals surface area (Å²) < 4.78 is 4.38. The highest BCUT2D eigenvalue weighted by Gasteiger charge is 2.11. The van der Waals surface area contributed by atoms with Gasteiger partial charge in [0.2, 0.25) is 0 Å². The Morgan fingerprint density at radius 2 is 2.30 bits per heavy atom. The highest BCUT2D eigenvalue weighted by atomic mass is 79.9. The molecule has 10 heavy (non-hydrogen) atoms. The molecule has 0 fully saturated rings. The van der Waals surface area contributed by atoms with Gasteiger partial charge in [-0.2, -0.15) is 0 Å². The van der Waals surface area contributed by atoms with Crippen molar-refractivity contribution < 1.29 is 9.53 Å². The molecule has 3 nitrogen and oxygen atoms in total. The van der Waals surface area contributed by atoms with E-state index in [9.17, 15) is 4.79 Å². The van der Waals surface area contributed by atoms with Crippen LogP contribution in [0.2, 0.25) is 0 Å². The zero-order valence-electron chi connectivity index (χ0n) is 5.67. The van der Waals surface area contributed by atoms with E-state index in [2.05, 4.69) is 20.7 Å². The molecule has 2 N–H and O–H groups in total. The first-order valence-corrected chi connectivity index (χ1v) is 3.74. The van der Waals surface area contributed by atoms with Gasteiger partial charge in [0.15, 0.2) is 0 Å². The molecule has 0 spiro atoms. The Bertz CT molecular complexity index is 102. The molecule has 0 aromatic heterocycles. The number of carbonyl (C=O) groups excluding carboxylic acids is 1. The summed E-state index contributed by atoms with van der Waals surface area (Å²) in [5.74, 6) is -0.352. The van der Waals surface area contributed by atoms with Crippen molar-refractivity contribution in [1.29, 1.82) is 0 Å². The molecular formula is C5H11BrClNO2. The molecule has 0 aliphatic carbocycles. The minimum absolute atomic E-state index is 0.